The molecule has 1 N–H and O–H groups in total. The van der Waals surface area contributed by atoms with E-state index in [0.717, 1.165) is 0 Å². The van der Waals surface area contributed by atoms with E-state index in [-0.39, 0.29) is 24.0 Å². The van der Waals surface area contributed by atoms with Gasteiger partial charge in [-0.25, -0.2) is 4.79 Å². The number of carbonyl (C=O) groups is 1. The molecule has 1 rings (SSSR count). The fourth-order valence-corrected chi connectivity index (χ4v) is 2.08. The SMILES string of the molecule is C=C(C)C(=O)OCC(O)COc1cc(C(C)(C)C)cc(C(C)(C)C)c1.CC. The molecule has 1 aromatic carbocycles. The highest BCUT2D eigenvalue weighted by molar-refractivity contribution is 5.86. The van der Waals surface area contributed by atoms with Gasteiger partial charge >= 0.3 is 5.97 Å². The van der Waals surface area contributed by atoms with E-state index in [0.29, 0.717) is 11.3 Å². The summed E-state index contributed by atoms with van der Waals surface area (Å²) in [6.07, 6.45) is -0.889. The van der Waals surface area contributed by atoms with Crippen molar-refractivity contribution in [2.24, 2.45) is 0 Å². The van der Waals surface area contributed by atoms with Crippen LogP contribution in [0.4, 0.5) is 0 Å². The van der Waals surface area contributed by atoms with Gasteiger partial charge in [-0.1, -0.05) is 68.0 Å². The molecule has 1 atom stereocenters. The third-order valence-electron chi connectivity index (χ3n) is 3.84. The highest BCUT2D eigenvalue weighted by Gasteiger charge is 2.21. The van der Waals surface area contributed by atoms with Gasteiger partial charge in [-0.3, -0.25) is 0 Å². The van der Waals surface area contributed by atoms with Crippen molar-refractivity contribution in [3.63, 3.8) is 0 Å². The van der Waals surface area contributed by atoms with Crippen LogP contribution in [-0.4, -0.2) is 30.4 Å². The summed E-state index contributed by atoms with van der Waals surface area (Å²) >= 11 is 0. The van der Waals surface area contributed by atoms with Crippen LogP contribution < -0.4 is 4.74 Å². The first-order chi connectivity index (χ1) is 12.3. The largest absolute Gasteiger partial charge is 0.491 e. The lowest BCUT2D eigenvalue weighted by Crippen LogP contribution is -2.25. The lowest BCUT2D eigenvalue weighted by molar-refractivity contribution is -0.142. The number of benzene rings is 1. The molecule has 154 valence electrons. The lowest BCUT2D eigenvalue weighted by Gasteiger charge is -2.26. The Balaban J connectivity index is 0.00000326. The second kappa shape index (κ2) is 10.5. The van der Waals surface area contributed by atoms with E-state index in [4.69, 9.17) is 9.47 Å². The summed E-state index contributed by atoms with van der Waals surface area (Å²) in [5, 5.41) is 9.97. The zero-order chi connectivity index (χ0) is 21.4. The van der Waals surface area contributed by atoms with E-state index in [9.17, 15) is 9.90 Å². The van der Waals surface area contributed by atoms with Crippen molar-refractivity contribution >= 4 is 5.97 Å². The van der Waals surface area contributed by atoms with Crippen molar-refractivity contribution in [2.75, 3.05) is 13.2 Å². The molecule has 0 saturated carbocycles. The van der Waals surface area contributed by atoms with Crippen molar-refractivity contribution in [3.05, 3.63) is 41.5 Å². The van der Waals surface area contributed by atoms with E-state index in [1.54, 1.807) is 6.92 Å². The van der Waals surface area contributed by atoms with Gasteiger partial charge < -0.3 is 14.6 Å². The van der Waals surface area contributed by atoms with Crippen LogP contribution in [0.3, 0.4) is 0 Å². The molecule has 0 spiro atoms. The molecule has 0 saturated heterocycles. The standard InChI is InChI=1S/C21H32O4.C2H6/c1-14(2)19(23)25-13-17(22)12-24-18-10-15(20(3,4)5)9-16(11-18)21(6,7)8;1-2/h9-11,17,22H,1,12-13H2,2-8H3;1-2H3. The Labute approximate surface area is 165 Å². The minimum absolute atomic E-state index is 0.00496. The van der Waals surface area contributed by atoms with Gasteiger partial charge in [-0.2, -0.15) is 0 Å². The molecule has 0 amide bonds. The van der Waals surface area contributed by atoms with Gasteiger partial charge in [0.2, 0.25) is 0 Å². The van der Waals surface area contributed by atoms with E-state index in [1.165, 1.54) is 11.1 Å². The van der Waals surface area contributed by atoms with Crippen LogP contribution in [0.15, 0.2) is 30.4 Å². The number of aliphatic hydroxyl groups is 1. The Bertz CT molecular complexity index is 586. The van der Waals surface area contributed by atoms with Gasteiger partial charge in [0.25, 0.3) is 0 Å². The van der Waals surface area contributed by atoms with Crippen LogP contribution in [0.2, 0.25) is 0 Å². The Morgan fingerprint density at radius 2 is 1.44 bits per heavy atom. The molecule has 0 fully saturated rings. The Hall–Kier alpha value is -1.81. The molecule has 0 aliphatic heterocycles. The van der Waals surface area contributed by atoms with Crippen LogP contribution in [0.25, 0.3) is 0 Å². The number of ether oxygens (including phenoxy) is 2. The number of rotatable bonds is 6. The fourth-order valence-electron chi connectivity index (χ4n) is 2.08. The molecule has 27 heavy (non-hydrogen) atoms. The number of hydrogen-bond acceptors (Lipinski definition) is 4. The summed E-state index contributed by atoms with van der Waals surface area (Å²) in [6, 6.07) is 6.21. The molecule has 0 aromatic heterocycles. The highest BCUT2D eigenvalue weighted by atomic mass is 16.5. The van der Waals surface area contributed by atoms with Crippen molar-refractivity contribution in [1.82, 2.24) is 0 Å². The average Bonchev–Trinajstić information content (AvgIpc) is 2.57. The maximum Gasteiger partial charge on any atom is 0.333 e. The number of carbonyl (C=O) groups excluding carboxylic acids is 1. The topological polar surface area (TPSA) is 55.8 Å². The van der Waals surface area contributed by atoms with Crippen molar-refractivity contribution < 1.29 is 19.4 Å². The average molecular weight is 379 g/mol. The van der Waals surface area contributed by atoms with Crippen LogP contribution >= 0.6 is 0 Å². The first-order valence-electron chi connectivity index (χ1n) is 9.60. The Morgan fingerprint density at radius 1 is 1.00 bits per heavy atom. The third kappa shape index (κ3) is 9.09. The number of esters is 1. The lowest BCUT2D eigenvalue weighted by atomic mass is 9.80. The quantitative estimate of drug-likeness (QED) is 0.548. The predicted molar refractivity (Wildman–Crippen MR) is 112 cm³/mol. The summed E-state index contributed by atoms with van der Waals surface area (Å²) in [5.74, 6) is 0.200. The van der Waals surface area contributed by atoms with Crippen LogP contribution in [0.1, 0.15) is 73.4 Å². The van der Waals surface area contributed by atoms with Gasteiger partial charge in [0.05, 0.1) is 0 Å². The van der Waals surface area contributed by atoms with Crippen molar-refractivity contribution in [3.8, 4) is 5.75 Å². The maximum atomic E-state index is 11.4. The minimum Gasteiger partial charge on any atom is -0.491 e. The highest BCUT2D eigenvalue weighted by Crippen LogP contribution is 2.32. The minimum atomic E-state index is -0.889. The van der Waals surface area contributed by atoms with Crippen molar-refractivity contribution in [2.45, 2.75) is 79.2 Å². The number of hydrogen-bond donors (Lipinski definition) is 1. The smallest absolute Gasteiger partial charge is 0.333 e. The van der Waals surface area contributed by atoms with Gasteiger partial charge in [-0.15, -0.1) is 0 Å². The molecule has 0 radical (unpaired) electrons. The first-order valence-corrected chi connectivity index (χ1v) is 9.60. The van der Waals surface area contributed by atoms with Crippen LogP contribution in [0, 0.1) is 0 Å². The second-order valence-corrected chi connectivity index (χ2v) is 8.59. The summed E-state index contributed by atoms with van der Waals surface area (Å²) in [4.78, 5) is 11.4. The van der Waals surface area contributed by atoms with Crippen LogP contribution in [-0.2, 0) is 20.4 Å². The molecule has 1 unspecified atom stereocenters. The normalized spacial score (nSPS) is 12.5. The molecule has 0 aliphatic rings. The first kappa shape index (κ1) is 25.2. The van der Waals surface area contributed by atoms with Gasteiger partial charge in [-0.05, 0) is 41.0 Å². The van der Waals surface area contributed by atoms with Gasteiger partial charge in [0, 0.05) is 5.57 Å². The monoisotopic (exact) mass is 378 g/mol. The predicted octanol–water partition coefficient (Wildman–Crippen LogP) is 5.17. The summed E-state index contributed by atoms with van der Waals surface area (Å²) in [6.45, 7) is 22.0. The molecule has 0 bridgehead atoms. The maximum absolute atomic E-state index is 11.4. The molecular formula is C23H38O4. The second-order valence-electron chi connectivity index (χ2n) is 8.59. The van der Waals surface area contributed by atoms with Gasteiger partial charge in [0.15, 0.2) is 0 Å². The summed E-state index contributed by atoms with van der Waals surface area (Å²) in [5.41, 5.74) is 2.65. The van der Waals surface area contributed by atoms with Crippen LogP contribution in [0.5, 0.6) is 5.75 Å². The van der Waals surface area contributed by atoms with E-state index in [1.807, 2.05) is 26.0 Å². The zero-order valence-electron chi connectivity index (χ0n) is 18.6. The molecule has 0 aliphatic carbocycles. The van der Waals surface area contributed by atoms with E-state index in [2.05, 4.69) is 54.2 Å². The summed E-state index contributed by atoms with van der Waals surface area (Å²) < 4.78 is 10.7. The fraction of sp³-hybridized carbons (Fsp3) is 0.609. The molecule has 1 aromatic rings. The van der Waals surface area contributed by atoms with Crippen molar-refractivity contribution in [1.29, 1.82) is 0 Å². The molecule has 4 heteroatoms. The zero-order valence-corrected chi connectivity index (χ0v) is 18.6. The Kier molecular flexibility index (Phi) is 9.80. The molecular weight excluding hydrogens is 340 g/mol. The number of aliphatic hydroxyl groups excluding tert-OH is 1. The summed E-state index contributed by atoms with van der Waals surface area (Å²) in [7, 11) is 0. The molecule has 0 heterocycles. The van der Waals surface area contributed by atoms with Gasteiger partial charge in [0.1, 0.15) is 25.1 Å². The Morgan fingerprint density at radius 3 is 1.81 bits per heavy atom. The third-order valence-corrected chi connectivity index (χ3v) is 3.84. The molecule has 4 nitrogen and oxygen atoms in total. The van der Waals surface area contributed by atoms with E-state index < -0.39 is 12.1 Å². The van der Waals surface area contributed by atoms with E-state index >= 15 is 0 Å².